The van der Waals surface area contributed by atoms with Crippen LogP contribution in [0.2, 0.25) is 0 Å². The summed E-state index contributed by atoms with van der Waals surface area (Å²) in [5.74, 6) is 0.212. The van der Waals surface area contributed by atoms with Gasteiger partial charge in [0.1, 0.15) is 5.82 Å². The highest BCUT2D eigenvalue weighted by Gasteiger charge is 2.33. The average molecular weight is 315 g/mol. The van der Waals surface area contributed by atoms with E-state index >= 15 is 0 Å². The molecule has 1 saturated heterocycles. The molecule has 8 heteroatoms. The summed E-state index contributed by atoms with van der Waals surface area (Å²) >= 11 is 0. The Morgan fingerprint density at radius 3 is 2.62 bits per heavy atom. The summed E-state index contributed by atoms with van der Waals surface area (Å²) in [4.78, 5) is 18.5. The van der Waals surface area contributed by atoms with Crippen molar-refractivity contribution in [2.75, 3.05) is 19.7 Å². The van der Waals surface area contributed by atoms with Crippen molar-refractivity contribution in [2.45, 2.75) is 38.1 Å². The van der Waals surface area contributed by atoms with Gasteiger partial charge in [0.25, 0.3) is 10.0 Å². The van der Waals surface area contributed by atoms with Crippen molar-refractivity contribution in [3.63, 3.8) is 0 Å². The lowest BCUT2D eigenvalue weighted by molar-refractivity contribution is -0.149. The molecule has 1 aliphatic heterocycles. The van der Waals surface area contributed by atoms with E-state index in [0.29, 0.717) is 44.8 Å². The first-order valence-corrected chi connectivity index (χ1v) is 8.63. The van der Waals surface area contributed by atoms with Gasteiger partial charge in [-0.2, -0.15) is 4.31 Å². The van der Waals surface area contributed by atoms with E-state index in [1.54, 1.807) is 6.92 Å². The molecule has 1 aliphatic rings. The monoisotopic (exact) mass is 315 g/mol. The number of hydrogen-bond acceptors (Lipinski definition) is 5. The minimum Gasteiger partial charge on any atom is -0.466 e. The molecule has 0 spiro atoms. The molecule has 0 unspecified atom stereocenters. The van der Waals surface area contributed by atoms with Crippen molar-refractivity contribution in [2.24, 2.45) is 5.92 Å². The van der Waals surface area contributed by atoms with E-state index in [2.05, 4.69) is 9.97 Å². The number of nitrogens with zero attached hydrogens (tertiary/aromatic N) is 2. The minimum atomic E-state index is -3.55. The molecule has 0 aromatic carbocycles. The zero-order chi connectivity index (χ0) is 15.5. The number of aromatic amines is 1. The molecule has 2 heterocycles. The fourth-order valence-electron chi connectivity index (χ4n) is 2.39. The van der Waals surface area contributed by atoms with Gasteiger partial charge >= 0.3 is 5.97 Å². The molecule has 0 radical (unpaired) electrons. The van der Waals surface area contributed by atoms with Gasteiger partial charge in [0, 0.05) is 19.5 Å². The number of ether oxygens (including phenoxy) is 1. The summed E-state index contributed by atoms with van der Waals surface area (Å²) in [6, 6.07) is 0. The molecule has 7 nitrogen and oxygen atoms in total. The van der Waals surface area contributed by atoms with E-state index in [1.807, 2.05) is 6.92 Å². The van der Waals surface area contributed by atoms with Crippen LogP contribution in [0.4, 0.5) is 0 Å². The number of carbonyl (C=O) groups excluding carboxylic acids is 1. The molecular formula is C13H21N3O4S. The van der Waals surface area contributed by atoms with Gasteiger partial charge in [0.05, 0.1) is 18.7 Å². The fourth-order valence-corrected chi connectivity index (χ4v) is 3.79. The van der Waals surface area contributed by atoms with Crippen LogP contribution >= 0.6 is 0 Å². The second kappa shape index (κ2) is 6.57. The summed E-state index contributed by atoms with van der Waals surface area (Å²) in [5, 5.41) is 0.119. The molecule has 0 aliphatic carbocycles. The number of aromatic nitrogens is 2. The van der Waals surface area contributed by atoms with Crippen LogP contribution in [0.3, 0.4) is 0 Å². The van der Waals surface area contributed by atoms with Crippen LogP contribution in [0.5, 0.6) is 0 Å². The third kappa shape index (κ3) is 3.44. The number of piperidine rings is 1. The maximum absolute atomic E-state index is 12.5. The van der Waals surface area contributed by atoms with E-state index in [4.69, 9.17) is 4.74 Å². The van der Waals surface area contributed by atoms with Crippen LogP contribution in [0.25, 0.3) is 0 Å². The second-order valence-corrected chi connectivity index (χ2v) is 6.88. The number of aryl methyl sites for hydroxylation is 1. The van der Waals surface area contributed by atoms with Crippen molar-refractivity contribution in [1.29, 1.82) is 0 Å². The van der Waals surface area contributed by atoms with Gasteiger partial charge in [-0.05, 0) is 19.8 Å². The third-order valence-electron chi connectivity index (χ3n) is 3.63. The number of imidazole rings is 1. The van der Waals surface area contributed by atoms with Gasteiger partial charge in [0.15, 0.2) is 5.03 Å². The molecule has 1 aromatic heterocycles. The van der Waals surface area contributed by atoms with Crippen LogP contribution in [0.1, 0.15) is 32.5 Å². The quantitative estimate of drug-likeness (QED) is 0.816. The number of H-pyrrole nitrogens is 1. The van der Waals surface area contributed by atoms with Gasteiger partial charge in [-0.3, -0.25) is 4.79 Å². The summed E-state index contributed by atoms with van der Waals surface area (Å²) < 4.78 is 31.3. The molecular weight excluding hydrogens is 294 g/mol. The minimum absolute atomic E-state index is 0.119. The predicted molar refractivity (Wildman–Crippen MR) is 76.1 cm³/mol. The normalized spacial score (nSPS) is 17.8. The average Bonchev–Trinajstić information content (AvgIpc) is 2.97. The molecule has 21 heavy (non-hydrogen) atoms. The van der Waals surface area contributed by atoms with Crippen molar-refractivity contribution < 1.29 is 17.9 Å². The topological polar surface area (TPSA) is 92.4 Å². The first-order valence-electron chi connectivity index (χ1n) is 7.19. The third-order valence-corrected chi connectivity index (χ3v) is 5.44. The predicted octanol–water partition coefficient (Wildman–Crippen LogP) is 0.936. The van der Waals surface area contributed by atoms with E-state index in [1.165, 1.54) is 10.5 Å². The highest BCUT2D eigenvalue weighted by molar-refractivity contribution is 7.89. The van der Waals surface area contributed by atoms with Gasteiger partial charge in [-0.1, -0.05) is 6.92 Å². The number of carbonyl (C=O) groups is 1. The lowest BCUT2D eigenvalue weighted by Crippen LogP contribution is -2.40. The zero-order valence-corrected chi connectivity index (χ0v) is 13.1. The lowest BCUT2D eigenvalue weighted by atomic mass is 9.98. The number of sulfonamides is 1. The molecule has 0 saturated carbocycles. The van der Waals surface area contributed by atoms with Crippen LogP contribution in [-0.2, 0) is 26.0 Å². The van der Waals surface area contributed by atoms with Crippen LogP contribution < -0.4 is 0 Å². The van der Waals surface area contributed by atoms with Gasteiger partial charge in [-0.15, -0.1) is 0 Å². The first kappa shape index (κ1) is 16.0. The Hall–Kier alpha value is -1.41. The second-order valence-electron chi connectivity index (χ2n) is 4.98. The van der Waals surface area contributed by atoms with E-state index in [-0.39, 0.29) is 16.9 Å². The summed E-state index contributed by atoms with van der Waals surface area (Å²) in [7, 11) is -3.55. The van der Waals surface area contributed by atoms with Gasteiger partial charge in [0.2, 0.25) is 0 Å². The zero-order valence-electron chi connectivity index (χ0n) is 12.3. The smallest absolute Gasteiger partial charge is 0.309 e. The molecule has 2 rings (SSSR count). The molecule has 0 amide bonds. The molecule has 1 aromatic rings. The Kier molecular flexibility index (Phi) is 5.00. The van der Waals surface area contributed by atoms with E-state index < -0.39 is 10.0 Å². The van der Waals surface area contributed by atoms with Gasteiger partial charge < -0.3 is 9.72 Å². The molecule has 1 N–H and O–H groups in total. The standard InChI is InChI=1S/C13H21N3O4S/c1-3-11-14-9-12(15-11)21(18,19)16-7-5-10(6-8-16)13(17)20-4-2/h9-10H,3-8H2,1-2H3,(H,14,15). The highest BCUT2D eigenvalue weighted by atomic mass is 32.2. The Balaban J connectivity index is 2.02. The molecule has 0 atom stereocenters. The highest BCUT2D eigenvalue weighted by Crippen LogP contribution is 2.23. The number of nitrogens with one attached hydrogen (secondary N) is 1. The van der Waals surface area contributed by atoms with Crippen LogP contribution in [0.15, 0.2) is 11.2 Å². The van der Waals surface area contributed by atoms with Crippen LogP contribution in [0, 0.1) is 5.92 Å². The maximum Gasteiger partial charge on any atom is 0.309 e. The largest absolute Gasteiger partial charge is 0.466 e. The Morgan fingerprint density at radius 1 is 1.43 bits per heavy atom. The maximum atomic E-state index is 12.5. The molecule has 1 fully saturated rings. The summed E-state index contributed by atoms with van der Waals surface area (Å²) in [6.45, 7) is 4.67. The summed E-state index contributed by atoms with van der Waals surface area (Å²) in [5.41, 5.74) is 0. The van der Waals surface area contributed by atoms with Gasteiger partial charge in [-0.25, -0.2) is 13.4 Å². The van der Waals surface area contributed by atoms with Crippen molar-refractivity contribution in [3.8, 4) is 0 Å². The number of hydrogen-bond donors (Lipinski definition) is 1. The number of rotatable bonds is 5. The van der Waals surface area contributed by atoms with Crippen molar-refractivity contribution >= 4 is 16.0 Å². The SMILES string of the molecule is CCOC(=O)C1CCN(S(=O)(=O)c2cnc(CC)[nH]2)CC1. The summed E-state index contributed by atoms with van der Waals surface area (Å²) in [6.07, 6.45) is 2.99. The Labute approximate surface area is 124 Å². The molecule has 0 bridgehead atoms. The Bertz CT molecular complexity index is 588. The first-order chi connectivity index (χ1) is 9.98. The lowest BCUT2D eigenvalue weighted by Gasteiger charge is -2.29. The van der Waals surface area contributed by atoms with Crippen molar-refractivity contribution in [1.82, 2.24) is 14.3 Å². The molecule has 118 valence electrons. The number of esters is 1. The van der Waals surface area contributed by atoms with Crippen LogP contribution in [-0.4, -0.2) is 48.4 Å². The van der Waals surface area contributed by atoms with E-state index in [0.717, 1.165) is 0 Å². The fraction of sp³-hybridized carbons (Fsp3) is 0.692. The Morgan fingerprint density at radius 2 is 2.10 bits per heavy atom. The van der Waals surface area contributed by atoms with E-state index in [9.17, 15) is 13.2 Å². The van der Waals surface area contributed by atoms with Crippen molar-refractivity contribution in [3.05, 3.63) is 12.0 Å².